The third kappa shape index (κ3) is 4.33. The normalized spacial score (nSPS) is 11.3. The SMILES string of the molecule is Cc1ccc2c(c1)c(=O)c(C(=O)Cc1ccc(Oc3ncnc4[nH]cc(-c5ccccc5)c34)c(F)c1)c(C)n2C. The summed E-state index contributed by atoms with van der Waals surface area (Å²) in [6, 6.07) is 19.6. The Kier molecular flexibility index (Phi) is 6.23. The second kappa shape index (κ2) is 9.89. The summed E-state index contributed by atoms with van der Waals surface area (Å²) >= 11 is 0. The third-order valence-corrected chi connectivity index (χ3v) is 7.22. The van der Waals surface area contributed by atoms with Crippen LogP contribution < -0.4 is 10.2 Å². The van der Waals surface area contributed by atoms with Crippen LogP contribution in [0, 0.1) is 19.7 Å². The first kappa shape index (κ1) is 25.2. The fraction of sp³-hybridized carbons (Fsp3) is 0.125. The first-order valence-corrected chi connectivity index (χ1v) is 12.8. The van der Waals surface area contributed by atoms with Gasteiger partial charge in [-0.3, -0.25) is 9.59 Å². The van der Waals surface area contributed by atoms with Crippen LogP contribution in [0.15, 0.2) is 84.0 Å². The lowest BCUT2D eigenvalue weighted by Crippen LogP contribution is -2.23. The maximum atomic E-state index is 15.3. The van der Waals surface area contributed by atoms with Crippen LogP contribution in [0.1, 0.15) is 27.2 Å². The van der Waals surface area contributed by atoms with Crippen LogP contribution in [0.25, 0.3) is 33.1 Å². The summed E-state index contributed by atoms with van der Waals surface area (Å²) in [6.45, 7) is 3.65. The average Bonchev–Trinajstić information content (AvgIpc) is 3.39. The Bertz CT molecular complexity index is 1990. The largest absolute Gasteiger partial charge is 0.435 e. The monoisotopic (exact) mass is 532 g/mol. The highest BCUT2D eigenvalue weighted by molar-refractivity contribution is 6.01. The number of nitrogens with zero attached hydrogens (tertiary/aromatic N) is 3. The highest BCUT2D eigenvalue weighted by Gasteiger charge is 2.21. The molecule has 7 nitrogen and oxygen atoms in total. The number of carbonyl (C=O) groups excluding carboxylic acids is 1. The minimum absolute atomic E-state index is 0.0373. The molecule has 0 radical (unpaired) electrons. The predicted molar refractivity (Wildman–Crippen MR) is 152 cm³/mol. The van der Waals surface area contributed by atoms with Crippen molar-refractivity contribution in [3.63, 3.8) is 0 Å². The minimum atomic E-state index is -0.646. The van der Waals surface area contributed by atoms with E-state index in [0.717, 1.165) is 22.2 Å². The van der Waals surface area contributed by atoms with E-state index in [4.69, 9.17) is 4.74 Å². The van der Waals surface area contributed by atoms with Gasteiger partial charge in [0.1, 0.15) is 12.0 Å². The Morgan fingerprint density at radius 2 is 1.82 bits per heavy atom. The summed E-state index contributed by atoms with van der Waals surface area (Å²) in [7, 11) is 1.83. The van der Waals surface area contributed by atoms with Crippen molar-refractivity contribution in [1.82, 2.24) is 19.5 Å². The van der Waals surface area contributed by atoms with Gasteiger partial charge in [-0.1, -0.05) is 48.0 Å². The second-order valence-corrected chi connectivity index (χ2v) is 9.81. The molecule has 0 saturated heterocycles. The quantitative estimate of drug-likeness (QED) is 0.249. The molecule has 0 spiro atoms. The molecule has 3 aromatic heterocycles. The lowest BCUT2D eigenvalue weighted by atomic mass is 9.98. The molecule has 198 valence electrons. The molecular weight excluding hydrogens is 507 g/mol. The Morgan fingerprint density at radius 1 is 1.02 bits per heavy atom. The van der Waals surface area contributed by atoms with Crippen molar-refractivity contribution >= 4 is 27.7 Å². The van der Waals surface area contributed by atoms with Gasteiger partial charge >= 0.3 is 0 Å². The average molecular weight is 533 g/mol. The van der Waals surface area contributed by atoms with E-state index >= 15 is 4.39 Å². The third-order valence-electron chi connectivity index (χ3n) is 7.22. The van der Waals surface area contributed by atoms with Crippen molar-refractivity contribution < 1.29 is 13.9 Å². The van der Waals surface area contributed by atoms with Crippen molar-refractivity contribution in [2.45, 2.75) is 20.3 Å². The molecule has 0 fully saturated rings. The van der Waals surface area contributed by atoms with Gasteiger partial charge in [0.25, 0.3) is 0 Å². The molecule has 0 saturated carbocycles. The van der Waals surface area contributed by atoms with Gasteiger partial charge in [-0.15, -0.1) is 0 Å². The van der Waals surface area contributed by atoms with Crippen molar-refractivity contribution in [2.75, 3.05) is 0 Å². The van der Waals surface area contributed by atoms with E-state index in [1.54, 1.807) is 19.1 Å². The zero-order chi connectivity index (χ0) is 28.0. The molecule has 3 aromatic carbocycles. The standard InChI is InChI=1S/C32H25FN4O3/c1-18-9-11-25-22(13-18)30(39)28(19(2)37(25)3)26(38)15-20-10-12-27(24(33)14-20)40-32-29-23(21-7-5-4-6-8-21)16-34-31(29)35-17-36-32/h4-14,16-17H,15H2,1-3H3,(H,34,35,36). The molecule has 6 aromatic rings. The van der Waals surface area contributed by atoms with Gasteiger partial charge in [-0.2, -0.15) is 0 Å². The van der Waals surface area contributed by atoms with Crippen molar-refractivity contribution in [2.24, 2.45) is 7.05 Å². The molecule has 0 atom stereocenters. The summed E-state index contributed by atoms with van der Waals surface area (Å²) in [4.78, 5) is 38.2. The number of hydrogen-bond donors (Lipinski definition) is 1. The number of pyridine rings is 1. The fourth-order valence-electron chi connectivity index (χ4n) is 5.07. The van der Waals surface area contributed by atoms with Crippen LogP contribution >= 0.6 is 0 Å². The fourth-order valence-corrected chi connectivity index (χ4v) is 5.07. The smallest absolute Gasteiger partial charge is 0.232 e. The Hall–Kier alpha value is -5.11. The van der Waals surface area contributed by atoms with E-state index in [-0.39, 0.29) is 34.8 Å². The van der Waals surface area contributed by atoms with E-state index in [1.807, 2.05) is 67.2 Å². The Labute approximate surface area is 228 Å². The van der Waals surface area contributed by atoms with Crippen LogP contribution in [-0.4, -0.2) is 25.3 Å². The minimum Gasteiger partial charge on any atom is -0.435 e. The number of ketones is 1. The molecule has 3 heterocycles. The number of aromatic nitrogens is 4. The van der Waals surface area contributed by atoms with Crippen LogP contribution in [0.2, 0.25) is 0 Å². The molecule has 6 rings (SSSR count). The van der Waals surface area contributed by atoms with Crippen molar-refractivity contribution in [1.29, 1.82) is 0 Å². The number of hydrogen-bond acceptors (Lipinski definition) is 5. The highest BCUT2D eigenvalue weighted by atomic mass is 19.1. The lowest BCUT2D eigenvalue weighted by molar-refractivity contribution is 0.0990. The van der Waals surface area contributed by atoms with E-state index < -0.39 is 5.82 Å². The van der Waals surface area contributed by atoms with E-state index in [2.05, 4.69) is 15.0 Å². The molecule has 1 N–H and O–H groups in total. The summed E-state index contributed by atoms with van der Waals surface area (Å²) in [5, 5.41) is 1.12. The van der Waals surface area contributed by atoms with Gasteiger partial charge < -0.3 is 14.3 Å². The highest BCUT2D eigenvalue weighted by Crippen LogP contribution is 2.35. The zero-order valence-electron chi connectivity index (χ0n) is 22.2. The van der Waals surface area contributed by atoms with E-state index in [1.165, 1.54) is 18.5 Å². The van der Waals surface area contributed by atoms with Crippen LogP contribution in [0.4, 0.5) is 4.39 Å². The lowest BCUT2D eigenvalue weighted by Gasteiger charge is -2.14. The van der Waals surface area contributed by atoms with Crippen molar-refractivity contribution in [3.8, 4) is 22.8 Å². The summed E-state index contributed by atoms with van der Waals surface area (Å²) in [6.07, 6.45) is 3.03. The van der Waals surface area contributed by atoms with Gasteiger partial charge in [0.2, 0.25) is 5.88 Å². The molecule has 0 amide bonds. The summed E-state index contributed by atoms with van der Waals surface area (Å²) < 4.78 is 23.0. The van der Waals surface area contributed by atoms with Gasteiger partial charge in [-0.25, -0.2) is 14.4 Å². The van der Waals surface area contributed by atoms with E-state index in [0.29, 0.717) is 27.7 Å². The maximum Gasteiger partial charge on any atom is 0.232 e. The summed E-state index contributed by atoms with van der Waals surface area (Å²) in [5.74, 6) is -0.845. The molecule has 8 heteroatoms. The molecular formula is C32H25FN4O3. The molecule has 0 bridgehead atoms. The van der Waals surface area contributed by atoms with Crippen LogP contribution in [-0.2, 0) is 13.5 Å². The number of rotatable bonds is 6. The topological polar surface area (TPSA) is 89.9 Å². The van der Waals surface area contributed by atoms with Crippen molar-refractivity contribution in [3.05, 3.63) is 118 Å². The van der Waals surface area contributed by atoms with Gasteiger partial charge in [0.15, 0.2) is 22.8 Å². The summed E-state index contributed by atoms with van der Waals surface area (Å²) in [5.41, 5.74) is 4.83. The number of aromatic amines is 1. The number of benzene rings is 3. The second-order valence-electron chi connectivity index (χ2n) is 9.81. The number of ether oxygens (including phenoxy) is 1. The van der Waals surface area contributed by atoms with Gasteiger partial charge in [0.05, 0.1) is 16.5 Å². The Morgan fingerprint density at radius 3 is 2.60 bits per heavy atom. The Balaban J connectivity index is 1.30. The number of carbonyl (C=O) groups is 1. The molecule has 0 aliphatic heterocycles. The number of Topliss-reactive ketones (excluding diaryl/α,β-unsaturated/α-hetero) is 1. The number of halogens is 1. The predicted octanol–water partition coefficient (Wildman–Crippen LogP) is 6.45. The zero-order valence-corrected chi connectivity index (χ0v) is 22.2. The maximum absolute atomic E-state index is 15.3. The van der Waals surface area contributed by atoms with Gasteiger partial charge in [-0.05, 0) is 49.2 Å². The number of aryl methyl sites for hydroxylation is 2. The molecule has 0 aliphatic carbocycles. The van der Waals surface area contributed by atoms with Gasteiger partial charge in [0, 0.05) is 36.3 Å². The molecule has 0 unspecified atom stereocenters. The number of nitrogens with one attached hydrogen (secondary N) is 1. The first-order valence-electron chi connectivity index (χ1n) is 12.8. The van der Waals surface area contributed by atoms with Crippen LogP contribution in [0.3, 0.4) is 0 Å². The number of fused-ring (bicyclic) bond motifs is 2. The molecule has 40 heavy (non-hydrogen) atoms. The first-order chi connectivity index (χ1) is 19.3. The molecule has 0 aliphatic rings. The number of H-pyrrole nitrogens is 1. The van der Waals surface area contributed by atoms with E-state index in [9.17, 15) is 9.59 Å². The van der Waals surface area contributed by atoms with Crippen LogP contribution in [0.5, 0.6) is 11.6 Å².